The Bertz CT molecular complexity index is 608. The highest BCUT2D eigenvalue weighted by atomic mass is 16.2. The molecule has 3 rings (SSSR count). The van der Waals surface area contributed by atoms with Crippen LogP contribution < -0.4 is 0 Å². The lowest BCUT2D eigenvalue weighted by Gasteiger charge is -2.43. The first-order valence-electron chi connectivity index (χ1n) is 7.63. The molecule has 110 valence electrons. The van der Waals surface area contributed by atoms with E-state index in [0.29, 0.717) is 30.4 Å². The highest BCUT2D eigenvalue weighted by molar-refractivity contribution is 6.16. The van der Waals surface area contributed by atoms with Gasteiger partial charge in [-0.2, -0.15) is 0 Å². The molecule has 2 aliphatic heterocycles. The average molecular weight is 285 g/mol. The predicted molar refractivity (Wildman–Crippen MR) is 78.3 cm³/mol. The van der Waals surface area contributed by atoms with Crippen molar-refractivity contribution in [2.24, 2.45) is 0 Å². The first-order valence-corrected chi connectivity index (χ1v) is 7.63. The molecule has 0 aromatic heterocycles. The third kappa shape index (κ3) is 2.19. The Kier molecular flexibility index (Phi) is 3.62. The maximum absolute atomic E-state index is 12.7. The zero-order valence-corrected chi connectivity index (χ0v) is 12.2. The summed E-state index contributed by atoms with van der Waals surface area (Å²) in [4.78, 5) is 39.2. The number of hydrogen-bond donors (Lipinski definition) is 0. The molecular weight excluding hydrogens is 266 g/mol. The topological polar surface area (TPSA) is 54.5 Å². The van der Waals surface area contributed by atoms with Crippen LogP contribution in [0.3, 0.4) is 0 Å². The second kappa shape index (κ2) is 5.43. The highest BCUT2D eigenvalue weighted by Crippen LogP contribution is 2.33. The van der Waals surface area contributed by atoms with Crippen LogP contribution in [0.1, 0.15) is 59.7 Å². The molecule has 0 saturated carbocycles. The summed E-state index contributed by atoms with van der Waals surface area (Å²) in [5, 5.41) is 0. The van der Waals surface area contributed by atoms with E-state index in [1.807, 2.05) is 6.92 Å². The molecule has 0 aliphatic carbocycles. The molecule has 2 unspecified atom stereocenters. The van der Waals surface area contributed by atoms with Crippen molar-refractivity contribution >= 4 is 17.5 Å². The third-order valence-electron chi connectivity index (χ3n) is 4.45. The fourth-order valence-corrected chi connectivity index (χ4v) is 3.47. The monoisotopic (exact) mass is 285 g/mol. The van der Waals surface area contributed by atoms with E-state index < -0.39 is 12.1 Å². The van der Waals surface area contributed by atoms with Crippen LogP contribution in [0, 0.1) is 0 Å². The van der Waals surface area contributed by atoms with Gasteiger partial charge < -0.3 is 4.90 Å². The number of amides is 1. The number of rotatable bonds is 3. The van der Waals surface area contributed by atoms with Crippen LogP contribution >= 0.6 is 0 Å². The fourth-order valence-electron chi connectivity index (χ4n) is 3.47. The summed E-state index contributed by atoms with van der Waals surface area (Å²) < 4.78 is 0. The Morgan fingerprint density at radius 3 is 2.62 bits per heavy atom. The Morgan fingerprint density at radius 1 is 1.19 bits per heavy atom. The molecule has 1 amide bonds. The van der Waals surface area contributed by atoms with Crippen LogP contribution in [-0.4, -0.2) is 34.5 Å². The number of nitrogens with zero attached hydrogens (tertiary/aromatic N) is 1. The average Bonchev–Trinajstić information content (AvgIpc) is 2.52. The highest BCUT2D eigenvalue weighted by Gasteiger charge is 2.45. The van der Waals surface area contributed by atoms with Gasteiger partial charge in [-0.1, -0.05) is 25.1 Å². The summed E-state index contributed by atoms with van der Waals surface area (Å²) >= 11 is 0. The maximum Gasteiger partial charge on any atom is 0.255 e. The summed E-state index contributed by atoms with van der Waals surface area (Å²) in [5.74, 6) is -0.0914. The lowest BCUT2D eigenvalue weighted by molar-refractivity contribution is -0.125. The number of carbonyl (C=O) groups excluding carboxylic acids is 3. The number of fused-ring (bicyclic) bond motifs is 2. The molecule has 0 spiro atoms. The summed E-state index contributed by atoms with van der Waals surface area (Å²) in [7, 11) is 0. The lowest BCUT2D eigenvalue weighted by atomic mass is 9.82. The SMILES string of the molecule is CCCC(=O)C1CCCC2C(=O)c3ccccc3C(=O)N12. The molecule has 1 fully saturated rings. The predicted octanol–water partition coefficient (Wildman–Crippen LogP) is 2.62. The molecule has 1 aromatic rings. The quantitative estimate of drug-likeness (QED) is 0.857. The van der Waals surface area contributed by atoms with Gasteiger partial charge in [-0.15, -0.1) is 0 Å². The van der Waals surface area contributed by atoms with E-state index in [0.717, 1.165) is 12.8 Å². The largest absolute Gasteiger partial charge is 0.318 e. The van der Waals surface area contributed by atoms with Crippen LogP contribution in [0.25, 0.3) is 0 Å². The van der Waals surface area contributed by atoms with Crippen molar-refractivity contribution in [1.29, 1.82) is 0 Å². The van der Waals surface area contributed by atoms with Gasteiger partial charge >= 0.3 is 0 Å². The fraction of sp³-hybridized carbons (Fsp3) is 0.471. The Balaban J connectivity index is 2.02. The van der Waals surface area contributed by atoms with Gasteiger partial charge in [0.2, 0.25) is 0 Å². The second-order valence-corrected chi connectivity index (χ2v) is 5.80. The molecular formula is C17H19NO3. The zero-order chi connectivity index (χ0) is 15.0. The lowest BCUT2D eigenvalue weighted by Crippen LogP contribution is -2.58. The minimum Gasteiger partial charge on any atom is -0.318 e. The number of hydrogen-bond acceptors (Lipinski definition) is 3. The maximum atomic E-state index is 12.7. The first-order chi connectivity index (χ1) is 10.1. The zero-order valence-electron chi connectivity index (χ0n) is 12.2. The molecule has 0 N–H and O–H groups in total. The number of benzene rings is 1. The molecule has 1 saturated heterocycles. The van der Waals surface area contributed by atoms with Crippen LogP contribution in [0.4, 0.5) is 0 Å². The molecule has 0 radical (unpaired) electrons. The summed E-state index contributed by atoms with van der Waals surface area (Å²) in [6, 6.07) is 6.06. The standard InChI is InChI=1S/C17H19NO3/c1-2-6-15(19)13-9-5-10-14-16(20)11-7-3-4-8-12(11)17(21)18(13)14/h3-4,7-8,13-14H,2,5-6,9-10H2,1H3. The third-order valence-corrected chi connectivity index (χ3v) is 4.45. The van der Waals surface area contributed by atoms with Crippen molar-refractivity contribution in [1.82, 2.24) is 4.90 Å². The van der Waals surface area contributed by atoms with E-state index in [1.165, 1.54) is 0 Å². The van der Waals surface area contributed by atoms with Gasteiger partial charge in [0.1, 0.15) is 0 Å². The molecule has 4 heteroatoms. The second-order valence-electron chi connectivity index (χ2n) is 5.80. The first kappa shape index (κ1) is 14.0. The number of Topliss-reactive ketones (excluding diaryl/α,β-unsaturated/α-hetero) is 2. The van der Waals surface area contributed by atoms with Gasteiger partial charge in [-0.25, -0.2) is 0 Å². The summed E-state index contributed by atoms with van der Waals surface area (Å²) in [6.45, 7) is 1.96. The molecule has 2 aliphatic rings. The Labute approximate surface area is 124 Å². The van der Waals surface area contributed by atoms with Crippen molar-refractivity contribution < 1.29 is 14.4 Å². The van der Waals surface area contributed by atoms with Crippen molar-refractivity contribution in [2.45, 2.75) is 51.1 Å². The van der Waals surface area contributed by atoms with Crippen molar-refractivity contribution in [3.8, 4) is 0 Å². The van der Waals surface area contributed by atoms with E-state index in [-0.39, 0.29) is 17.5 Å². The Morgan fingerprint density at radius 2 is 1.90 bits per heavy atom. The van der Waals surface area contributed by atoms with Gasteiger partial charge in [-0.05, 0) is 31.7 Å². The van der Waals surface area contributed by atoms with Gasteiger partial charge in [0, 0.05) is 12.0 Å². The van der Waals surface area contributed by atoms with Crippen LogP contribution in [0.5, 0.6) is 0 Å². The molecule has 2 heterocycles. The molecule has 21 heavy (non-hydrogen) atoms. The van der Waals surface area contributed by atoms with Crippen molar-refractivity contribution in [3.05, 3.63) is 35.4 Å². The van der Waals surface area contributed by atoms with Crippen molar-refractivity contribution in [2.75, 3.05) is 0 Å². The van der Waals surface area contributed by atoms with Gasteiger partial charge in [-0.3, -0.25) is 14.4 Å². The molecule has 1 aromatic carbocycles. The minimum absolute atomic E-state index is 0.0146. The normalized spacial score (nSPS) is 24.5. The van der Waals surface area contributed by atoms with E-state index in [9.17, 15) is 14.4 Å². The minimum atomic E-state index is -0.452. The molecule has 2 atom stereocenters. The summed E-state index contributed by atoms with van der Waals surface area (Å²) in [5.41, 5.74) is 0.947. The van der Waals surface area contributed by atoms with E-state index in [2.05, 4.69) is 0 Å². The van der Waals surface area contributed by atoms with Crippen LogP contribution in [0.15, 0.2) is 24.3 Å². The number of piperidine rings is 1. The van der Waals surface area contributed by atoms with Crippen LogP contribution in [-0.2, 0) is 4.79 Å². The summed E-state index contributed by atoms with van der Waals surface area (Å²) in [6.07, 6.45) is 3.40. The molecule has 0 bridgehead atoms. The van der Waals surface area contributed by atoms with Crippen molar-refractivity contribution in [3.63, 3.8) is 0 Å². The number of ketones is 2. The van der Waals surface area contributed by atoms with E-state index >= 15 is 0 Å². The molecule has 4 nitrogen and oxygen atoms in total. The van der Waals surface area contributed by atoms with Crippen LogP contribution in [0.2, 0.25) is 0 Å². The number of carbonyl (C=O) groups is 3. The smallest absolute Gasteiger partial charge is 0.255 e. The van der Waals surface area contributed by atoms with E-state index in [4.69, 9.17) is 0 Å². The van der Waals surface area contributed by atoms with Gasteiger partial charge in [0.05, 0.1) is 17.6 Å². The van der Waals surface area contributed by atoms with Gasteiger partial charge in [0.15, 0.2) is 11.6 Å². The Hall–Kier alpha value is -1.97. The van der Waals surface area contributed by atoms with E-state index in [1.54, 1.807) is 29.2 Å². The van der Waals surface area contributed by atoms with Gasteiger partial charge in [0.25, 0.3) is 5.91 Å².